The average molecular weight is 368 g/mol. The van der Waals surface area contributed by atoms with Gasteiger partial charge in [-0.1, -0.05) is 28.9 Å². The Morgan fingerprint density at radius 2 is 2.05 bits per heavy atom. The molecular weight excluding hydrogens is 346 g/mol. The summed E-state index contributed by atoms with van der Waals surface area (Å²) < 4.78 is 6.66. The molecule has 0 bridgehead atoms. The fourth-order valence-electron chi connectivity index (χ4n) is 2.34. The summed E-state index contributed by atoms with van der Waals surface area (Å²) in [5.41, 5.74) is 3.96. The third-order valence-electron chi connectivity index (χ3n) is 3.40. The maximum atomic E-state index is 5.57. The molecule has 4 heteroatoms. The smallest absolute Gasteiger partial charge is 0.120 e. The van der Waals surface area contributed by atoms with Crippen molar-refractivity contribution in [2.24, 2.45) is 0 Å². The Morgan fingerprint density at radius 3 is 2.62 bits per heavy atom. The largest absolute Gasteiger partial charge is 0.494 e. The molecule has 1 aromatic carbocycles. The van der Waals surface area contributed by atoms with Crippen molar-refractivity contribution in [2.75, 3.05) is 13.2 Å². The molecule has 0 aliphatic rings. The Labute approximate surface area is 139 Å². The molecule has 0 aliphatic carbocycles. The quantitative estimate of drug-likeness (QED) is 0.715. The number of rotatable bonds is 7. The van der Waals surface area contributed by atoms with E-state index in [-0.39, 0.29) is 6.04 Å². The number of aryl methyl sites for hydroxylation is 1. The highest BCUT2D eigenvalue weighted by atomic mass is 79.9. The third-order valence-corrected chi connectivity index (χ3v) is 4.96. The molecule has 2 aromatic rings. The van der Waals surface area contributed by atoms with E-state index in [2.05, 4.69) is 58.0 Å². The predicted molar refractivity (Wildman–Crippen MR) is 94.5 cm³/mol. The topological polar surface area (TPSA) is 21.3 Å². The van der Waals surface area contributed by atoms with Crippen LogP contribution in [0.2, 0.25) is 0 Å². The van der Waals surface area contributed by atoms with Crippen molar-refractivity contribution in [1.29, 1.82) is 0 Å². The first-order chi connectivity index (χ1) is 10.2. The molecular formula is C17H22BrNOS. The van der Waals surface area contributed by atoms with Crippen LogP contribution in [0.4, 0.5) is 0 Å². The van der Waals surface area contributed by atoms with Crippen LogP contribution in [0.3, 0.4) is 0 Å². The van der Waals surface area contributed by atoms with Gasteiger partial charge in [0.05, 0.1) is 12.6 Å². The highest BCUT2D eigenvalue weighted by Gasteiger charge is 2.19. The van der Waals surface area contributed by atoms with Crippen LogP contribution in [0.25, 0.3) is 0 Å². The predicted octanol–water partition coefficient (Wildman–Crippen LogP) is 5.31. The van der Waals surface area contributed by atoms with Gasteiger partial charge < -0.3 is 10.1 Å². The van der Waals surface area contributed by atoms with E-state index < -0.39 is 0 Å². The Morgan fingerprint density at radius 1 is 1.24 bits per heavy atom. The molecule has 1 heterocycles. The maximum Gasteiger partial charge on any atom is 0.120 e. The molecule has 0 saturated carbocycles. The zero-order valence-electron chi connectivity index (χ0n) is 12.8. The molecule has 1 unspecified atom stereocenters. The van der Waals surface area contributed by atoms with Crippen LogP contribution in [0.1, 0.15) is 43.0 Å². The standard InChI is InChI=1S/C17H22BrNOS/c1-4-8-19-17(15-11-21-10-12(15)3)14-7-6-13(20-5-2)9-16(14)18/h6-7,9-11,17,19H,4-5,8H2,1-3H3. The molecule has 0 saturated heterocycles. The Kier molecular flexibility index (Phi) is 6.27. The van der Waals surface area contributed by atoms with E-state index in [0.29, 0.717) is 6.61 Å². The lowest BCUT2D eigenvalue weighted by atomic mass is 9.98. The van der Waals surface area contributed by atoms with Crippen molar-refractivity contribution >= 4 is 27.3 Å². The van der Waals surface area contributed by atoms with E-state index >= 15 is 0 Å². The monoisotopic (exact) mass is 367 g/mol. The first kappa shape index (κ1) is 16.5. The van der Waals surface area contributed by atoms with Crippen LogP contribution in [0.5, 0.6) is 5.75 Å². The van der Waals surface area contributed by atoms with E-state index in [1.807, 2.05) is 13.0 Å². The highest BCUT2D eigenvalue weighted by molar-refractivity contribution is 9.10. The summed E-state index contributed by atoms with van der Waals surface area (Å²) in [6.07, 6.45) is 1.12. The Balaban J connectivity index is 2.35. The molecule has 0 aliphatic heterocycles. The molecule has 1 N–H and O–H groups in total. The molecule has 21 heavy (non-hydrogen) atoms. The SMILES string of the molecule is CCCNC(c1cscc1C)c1ccc(OCC)cc1Br. The second-order valence-corrected chi connectivity index (χ2v) is 6.61. The van der Waals surface area contributed by atoms with E-state index in [0.717, 1.165) is 23.2 Å². The van der Waals surface area contributed by atoms with E-state index in [9.17, 15) is 0 Å². The van der Waals surface area contributed by atoms with Crippen LogP contribution in [-0.4, -0.2) is 13.2 Å². The lowest BCUT2D eigenvalue weighted by Gasteiger charge is -2.21. The van der Waals surface area contributed by atoms with Crippen LogP contribution >= 0.6 is 27.3 Å². The Hall–Kier alpha value is -0.840. The van der Waals surface area contributed by atoms with Crippen LogP contribution < -0.4 is 10.1 Å². The number of thiophene rings is 1. The van der Waals surface area contributed by atoms with Gasteiger partial charge in [0.2, 0.25) is 0 Å². The van der Waals surface area contributed by atoms with Gasteiger partial charge >= 0.3 is 0 Å². The first-order valence-electron chi connectivity index (χ1n) is 7.35. The molecule has 2 nitrogen and oxygen atoms in total. The number of halogens is 1. The average Bonchev–Trinajstić information content (AvgIpc) is 2.88. The minimum absolute atomic E-state index is 0.223. The first-order valence-corrected chi connectivity index (χ1v) is 9.09. The molecule has 0 amide bonds. The second kappa shape index (κ2) is 7.97. The summed E-state index contributed by atoms with van der Waals surface area (Å²) in [4.78, 5) is 0. The van der Waals surface area contributed by atoms with Gasteiger partial charge in [-0.05, 0) is 66.4 Å². The van der Waals surface area contributed by atoms with Gasteiger partial charge in [0.15, 0.2) is 0 Å². The fraction of sp³-hybridized carbons (Fsp3) is 0.412. The van der Waals surface area contributed by atoms with Crippen LogP contribution in [0, 0.1) is 6.92 Å². The summed E-state index contributed by atoms with van der Waals surface area (Å²) in [7, 11) is 0. The number of benzene rings is 1. The van der Waals surface area contributed by atoms with E-state index in [1.165, 1.54) is 16.7 Å². The highest BCUT2D eigenvalue weighted by Crippen LogP contribution is 2.34. The van der Waals surface area contributed by atoms with Gasteiger partial charge in [0.1, 0.15) is 5.75 Å². The van der Waals surface area contributed by atoms with Gasteiger partial charge in [0, 0.05) is 4.47 Å². The number of ether oxygens (including phenoxy) is 1. The maximum absolute atomic E-state index is 5.57. The fourth-order valence-corrected chi connectivity index (χ4v) is 3.80. The lowest BCUT2D eigenvalue weighted by Crippen LogP contribution is -2.23. The van der Waals surface area contributed by atoms with Crippen LogP contribution in [-0.2, 0) is 0 Å². The number of nitrogens with one attached hydrogen (secondary N) is 1. The number of hydrogen-bond donors (Lipinski definition) is 1. The zero-order chi connectivity index (χ0) is 15.2. The molecule has 1 atom stereocenters. The summed E-state index contributed by atoms with van der Waals surface area (Å²) in [5.74, 6) is 0.907. The molecule has 2 rings (SSSR count). The van der Waals surface area contributed by atoms with Gasteiger partial charge in [-0.15, -0.1) is 0 Å². The van der Waals surface area contributed by atoms with Crippen molar-refractivity contribution in [1.82, 2.24) is 5.32 Å². The summed E-state index contributed by atoms with van der Waals surface area (Å²) >= 11 is 5.46. The molecule has 0 fully saturated rings. The van der Waals surface area contributed by atoms with Crippen molar-refractivity contribution < 1.29 is 4.74 Å². The Bertz CT molecular complexity index is 582. The van der Waals surface area contributed by atoms with Gasteiger partial charge in [-0.3, -0.25) is 0 Å². The van der Waals surface area contributed by atoms with Crippen LogP contribution in [0.15, 0.2) is 33.4 Å². The van der Waals surface area contributed by atoms with Crippen molar-refractivity contribution in [2.45, 2.75) is 33.2 Å². The van der Waals surface area contributed by atoms with Crippen molar-refractivity contribution in [3.8, 4) is 5.75 Å². The summed E-state index contributed by atoms with van der Waals surface area (Å²) in [6.45, 7) is 8.06. The van der Waals surface area contributed by atoms with Gasteiger partial charge in [-0.25, -0.2) is 0 Å². The summed E-state index contributed by atoms with van der Waals surface area (Å²) in [5, 5.41) is 8.11. The number of hydrogen-bond acceptors (Lipinski definition) is 3. The normalized spacial score (nSPS) is 12.4. The van der Waals surface area contributed by atoms with E-state index in [4.69, 9.17) is 4.74 Å². The molecule has 0 spiro atoms. The van der Waals surface area contributed by atoms with Gasteiger partial charge in [-0.2, -0.15) is 11.3 Å². The van der Waals surface area contributed by atoms with Crippen molar-refractivity contribution in [3.05, 3.63) is 50.1 Å². The zero-order valence-corrected chi connectivity index (χ0v) is 15.2. The third kappa shape index (κ3) is 4.09. The van der Waals surface area contributed by atoms with E-state index in [1.54, 1.807) is 11.3 Å². The lowest BCUT2D eigenvalue weighted by molar-refractivity contribution is 0.340. The summed E-state index contributed by atoms with van der Waals surface area (Å²) in [6, 6.07) is 6.48. The minimum Gasteiger partial charge on any atom is -0.494 e. The second-order valence-electron chi connectivity index (χ2n) is 5.01. The molecule has 0 radical (unpaired) electrons. The minimum atomic E-state index is 0.223. The molecule has 1 aromatic heterocycles. The molecule has 114 valence electrons. The van der Waals surface area contributed by atoms with Gasteiger partial charge in [0.25, 0.3) is 0 Å². The van der Waals surface area contributed by atoms with Crippen molar-refractivity contribution in [3.63, 3.8) is 0 Å².